The van der Waals surface area contributed by atoms with Gasteiger partial charge in [-0.3, -0.25) is 25.0 Å². The highest BCUT2D eigenvalue weighted by Gasteiger charge is 2.14. The molecule has 0 spiro atoms. The molecule has 2 aromatic carbocycles. The molecule has 10 heteroatoms. The van der Waals surface area contributed by atoms with Crippen LogP contribution in [0.1, 0.15) is 12.5 Å². The Morgan fingerprint density at radius 1 is 1.12 bits per heavy atom. The van der Waals surface area contributed by atoms with Crippen LogP contribution in [-0.4, -0.2) is 28.1 Å². The van der Waals surface area contributed by atoms with Crippen LogP contribution in [0.2, 0.25) is 0 Å². The van der Waals surface area contributed by atoms with Gasteiger partial charge in [0.2, 0.25) is 0 Å². The number of carbonyl (C=O) groups is 1. The highest BCUT2D eigenvalue weighted by atomic mass is 16.6. The van der Waals surface area contributed by atoms with E-state index in [4.69, 9.17) is 4.74 Å². The molecule has 0 bridgehead atoms. The third-order valence-corrected chi connectivity index (χ3v) is 3.20. The van der Waals surface area contributed by atoms with Crippen molar-refractivity contribution in [2.24, 2.45) is 5.10 Å². The fourth-order valence-electron chi connectivity index (χ4n) is 1.88. The molecule has 0 aliphatic carbocycles. The van der Waals surface area contributed by atoms with E-state index in [0.29, 0.717) is 11.3 Å². The number of nitrogens with zero attached hydrogens (tertiary/aromatic N) is 3. The summed E-state index contributed by atoms with van der Waals surface area (Å²) >= 11 is 0. The third-order valence-electron chi connectivity index (χ3n) is 3.20. The minimum absolute atomic E-state index is 0.0870. The monoisotopic (exact) mass is 358 g/mol. The zero-order chi connectivity index (χ0) is 19.1. The van der Waals surface area contributed by atoms with Gasteiger partial charge in [-0.25, -0.2) is 5.43 Å². The van der Waals surface area contributed by atoms with Crippen LogP contribution in [0.4, 0.5) is 11.4 Å². The molecule has 2 rings (SSSR count). The second-order valence-electron chi connectivity index (χ2n) is 5.10. The number of nitro groups is 2. The van der Waals surface area contributed by atoms with Crippen molar-refractivity contribution in [2.45, 2.75) is 13.0 Å². The van der Waals surface area contributed by atoms with Crippen LogP contribution < -0.4 is 10.2 Å². The number of ether oxygens (including phenoxy) is 1. The van der Waals surface area contributed by atoms with E-state index in [1.165, 1.54) is 55.6 Å². The summed E-state index contributed by atoms with van der Waals surface area (Å²) in [4.78, 5) is 32.1. The van der Waals surface area contributed by atoms with E-state index in [2.05, 4.69) is 10.5 Å². The van der Waals surface area contributed by atoms with Gasteiger partial charge in [0.15, 0.2) is 6.10 Å². The maximum Gasteiger partial charge on any atom is 0.280 e. The second kappa shape index (κ2) is 8.33. The molecule has 2 aromatic rings. The second-order valence-corrected chi connectivity index (χ2v) is 5.10. The van der Waals surface area contributed by atoms with Gasteiger partial charge in [0, 0.05) is 29.8 Å². The first-order chi connectivity index (χ1) is 12.4. The van der Waals surface area contributed by atoms with Crippen molar-refractivity contribution in [1.29, 1.82) is 0 Å². The van der Waals surface area contributed by atoms with E-state index in [1.807, 2.05) is 0 Å². The predicted molar refractivity (Wildman–Crippen MR) is 92.0 cm³/mol. The highest BCUT2D eigenvalue weighted by Crippen LogP contribution is 2.18. The summed E-state index contributed by atoms with van der Waals surface area (Å²) in [6.45, 7) is 1.49. The molecule has 0 saturated heterocycles. The van der Waals surface area contributed by atoms with Crippen LogP contribution in [0.3, 0.4) is 0 Å². The number of benzene rings is 2. The smallest absolute Gasteiger partial charge is 0.280 e. The Morgan fingerprint density at radius 3 is 2.38 bits per heavy atom. The maximum atomic E-state index is 11.9. The number of non-ortho nitro benzene ring substituents is 2. The summed E-state index contributed by atoms with van der Waals surface area (Å²) in [6, 6.07) is 11.0. The molecule has 1 atom stereocenters. The Balaban J connectivity index is 1.91. The molecular formula is C16H14N4O6. The normalized spacial score (nSPS) is 11.7. The molecular weight excluding hydrogens is 344 g/mol. The topological polar surface area (TPSA) is 137 Å². The molecule has 0 saturated carbocycles. The molecule has 0 radical (unpaired) electrons. The number of nitrogens with one attached hydrogen (secondary N) is 1. The van der Waals surface area contributed by atoms with Crippen LogP contribution in [0.15, 0.2) is 53.6 Å². The Morgan fingerprint density at radius 2 is 1.77 bits per heavy atom. The van der Waals surface area contributed by atoms with Gasteiger partial charge in [-0.1, -0.05) is 12.1 Å². The number of hydrazone groups is 1. The summed E-state index contributed by atoms with van der Waals surface area (Å²) in [5.74, 6) is -0.258. The van der Waals surface area contributed by atoms with Gasteiger partial charge in [-0.15, -0.1) is 0 Å². The first kappa shape index (κ1) is 18.5. The van der Waals surface area contributed by atoms with Gasteiger partial charge in [-0.05, 0) is 19.1 Å². The fraction of sp³-hybridized carbons (Fsp3) is 0.125. The first-order valence-corrected chi connectivity index (χ1v) is 7.35. The van der Waals surface area contributed by atoms with E-state index >= 15 is 0 Å². The Labute approximate surface area is 147 Å². The Bertz CT molecular complexity index is 850. The molecule has 1 amide bonds. The Hall–Kier alpha value is -3.82. The lowest BCUT2D eigenvalue weighted by Crippen LogP contribution is -2.33. The zero-order valence-corrected chi connectivity index (χ0v) is 13.6. The number of nitro benzene ring substituents is 2. The third kappa shape index (κ3) is 5.09. The van der Waals surface area contributed by atoms with E-state index < -0.39 is 21.9 Å². The molecule has 26 heavy (non-hydrogen) atoms. The van der Waals surface area contributed by atoms with Crippen molar-refractivity contribution in [1.82, 2.24) is 5.43 Å². The molecule has 1 N–H and O–H groups in total. The molecule has 0 aliphatic rings. The number of carbonyl (C=O) groups excluding carboxylic acids is 1. The standard InChI is InChI=1S/C16H14N4O6/c1-11(26-15-7-5-13(6-8-15)19(22)23)16(21)18-17-10-12-3-2-4-14(9-12)20(24)25/h2-11H,1H3,(H,18,21)/b17-10-/t11-/m1/s1. The summed E-state index contributed by atoms with van der Waals surface area (Å²) in [7, 11) is 0. The van der Waals surface area contributed by atoms with Gasteiger partial charge in [0.05, 0.1) is 16.1 Å². The van der Waals surface area contributed by atoms with Crippen molar-refractivity contribution in [2.75, 3.05) is 0 Å². The average molecular weight is 358 g/mol. The molecule has 0 aromatic heterocycles. The van der Waals surface area contributed by atoms with Crippen molar-refractivity contribution in [3.8, 4) is 5.75 Å². The van der Waals surface area contributed by atoms with Crippen molar-refractivity contribution in [3.63, 3.8) is 0 Å². The summed E-state index contributed by atoms with van der Waals surface area (Å²) in [5, 5.41) is 25.0. The lowest BCUT2D eigenvalue weighted by molar-refractivity contribution is -0.385. The highest BCUT2D eigenvalue weighted by molar-refractivity contribution is 5.84. The quantitative estimate of drug-likeness (QED) is 0.458. The summed E-state index contributed by atoms with van der Waals surface area (Å²) in [6.07, 6.45) is 0.363. The molecule has 0 unspecified atom stereocenters. The van der Waals surface area contributed by atoms with Gasteiger partial charge in [-0.2, -0.15) is 5.10 Å². The minimum Gasteiger partial charge on any atom is -0.481 e. The SMILES string of the molecule is C[C@@H](Oc1ccc([N+](=O)[O-])cc1)C(=O)N/N=C\c1cccc([N+](=O)[O-])c1. The van der Waals surface area contributed by atoms with Gasteiger partial charge >= 0.3 is 0 Å². The molecule has 134 valence electrons. The van der Waals surface area contributed by atoms with Crippen molar-refractivity contribution >= 4 is 23.5 Å². The van der Waals surface area contributed by atoms with Gasteiger partial charge in [0.1, 0.15) is 5.75 Å². The molecule has 0 heterocycles. The van der Waals surface area contributed by atoms with E-state index in [1.54, 1.807) is 6.07 Å². The maximum absolute atomic E-state index is 11.9. The summed E-state index contributed by atoms with van der Waals surface area (Å²) in [5.41, 5.74) is 2.53. The first-order valence-electron chi connectivity index (χ1n) is 7.35. The lowest BCUT2D eigenvalue weighted by Gasteiger charge is -2.12. The fourth-order valence-corrected chi connectivity index (χ4v) is 1.88. The minimum atomic E-state index is -0.904. The number of amides is 1. The van der Waals surface area contributed by atoms with Crippen LogP contribution in [0.25, 0.3) is 0 Å². The largest absolute Gasteiger partial charge is 0.481 e. The van der Waals surface area contributed by atoms with E-state index in [9.17, 15) is 25.0 Å². The number of rotatable bonds is 7. The Kier molecular flexibility index (Phi) is 5.93. The zero-order valence-electron chi connectivity index (χ0n) is 13.6. The number of hydrogen-bond donors (Lipinski definition) is 1. The van der Waals surface area contributed by atoms with Crippen LogP contribution in [0, 0.1) is 20.2 Å². The lowest BCUT2D eigenvalue weighted by atomic mass is 10.2. The van der Waals surface area contributed by atoms with Gasteiger partial charge in [0.25, 0.3) is 17.3 Å². The van der Waals surface area contributed by atoms with Crippen molar-refractivity contribution in [3.05, 3.63) is 74.3 Å². The van der Waals surface area contributed by atoms with Crippen LogP contribution >= 0.6 is 0 Å². The van der Waals surface area contributed by atoms with E-state index in [-0.39, 0.29) is 11.4 Å². The molecule has 0 aliphatic heterocycles. The van der Waals surface area contributed by atoms with Gasteiger partial charge < -0.3 is 4.74 Å². The predicted octanol–water partition coefficient (Wildman–Crippen LogP) is 2.42. The van der Waals surface area contributed by atoms with E-state index in [0.717, 1.165) is 0 Å². The number of hydrogen-bond acceptors (Lipinski definition) is 7. The molecule has 0 fully saturated rings. The van der Waals surface area contributed by atoms with Crippen LogP contribution in [0.5, 0.6) is 5.75 Å². The summed E-state index contributed by atoms with van der Waals surface area (Å²) < 4.78 is 5.37. The van der Waals surface area contributed by atoms with Crippen molar-refractivity contribution < 1.29 is 19.4 Å². The average Bonchev–Trinajstić information content (AvgIpc) is 2.62. The molecule has 10 nitrogen and oxygen atoms in total. The van der Waals surface area contributed by atoms with Crippen LogP contribution in [-0.2, 0) is 4.79 Å².